The van der Waals surface area contributed by atoms with Crippen molar-refractivity contribution in [2.24, 2.45) is 0 Å². The molecule has 2 heteroatoms. The van der Waals surface area contributed by atoms with Crippen molar-refractivity contribution in [2.45, 2.75) is 46.5 Å². The fourth-order valence-corrected chi connectivity index (χ4v) is 2.87. The molecule has 0 saturated carbocycles. The van der Waals surface area contributed by atoms with Crippen molar-refractivity contribution >= 4 is 17.0 Å². The molecule has 0 unspecified atom stereocenters. The minimum Gasteiger partial charge on any atom is -0.324 e. The lowest BCUT2D eigenvalue weighted by Gasteiger charge is -2.00. The highest BCUT2D eigenvalue weighted by molar-refractivity contribution is 7.12. The van der Waals surface area contributed by atoms with E-state index in [0.29, 0.717) is 11.8 Å². The van der Waals surface area contributed by atoms with Crippen LogP contribution in [-0.2, 0) is 0 Å². The maximum atomic E-state index is 4.15. The van der Waals surface area contributed by atoms with Crippen LogP contribution in [-0.4, -0.2) is 0 Å². The van der Waals surface area contributed by atoms with Gasteiger partial charge in [0, 0.05) is 10.4 Å². The predicted octanol–water partition coefficient (Wildman–Crippen LogP) is 3.18. The average Bonchev–Trinajstić information content (AvgIpc) is 2.29. The van der Waals surface area contributed by atoms with Crippen LogP contribution in [0.5, 0.6) is 0 Å². The Hall–Kier alpha value is -0.340. The van der Waals surface area contributed by atoms with Crippen molar-refractivity contribution in [1.82, 2.24) is 0 Å². The maximum Gasteiger partial charge on any atom is 0.145 e. The number of rotatable bonds is 2. The molecule has 0 atom stereocenters. The van der Waals surface area contributed by atoms with E-state index in [9.17, 15) is 0 Å². The van der Waals surface area contributed by atoms with Gasteiger partial charge in [-0.25, -0.2) is 0 Å². The van der Waals surface area contributed by atoms with Crippen molar-refractivity contribution in [2.75, 3.05) is 0 Å². The Morgan fingerprint density at radius 1 is 1.00 bits per heavy atom. The zero-order valence-electron chi connectivity index (χ0n) is 9.27. The summed E-state index contributed by atoms with van der Waals surface area (Å²) < 4.78 is 0. The first-order valence-electron chi connectivity index (χ1n) is 4.90. The van der Waals surface area contributed by atoms with Crippen LogP contribution in [0.1, 0.15) is 54.8 Å². The molecule has 0 spiro atoms. The summed E-state index contributed by atoms with van der Waals surface area (Å²) in [4.78, 5) is 2.97. The zero-order chi connectivity index (χ0) is 10.2. The maximum absolute atomic E-state index is 4.15. The second-order valence-corrected chi connectivity index (χ2v) is 5.33. The fraction of sp³-hybridized carbons (Fsp3) is 0.636. The largest absolute Gasteiger partial charge is 0.324 e. The van der Waals surface area contributed by atoms with Gasteiger partial charge in [0.1, 0.15) is 5.69 Å². The highest BCUT2D eigenvalue weighted by atomic mass is 32.1. The normalized spacial score (nSPS) is 11.7. The Morgan fingerprint density at radius 2 is 1.46 bits per heavy atom. The van der Waals surface area contributed by atoms with E-state index in [1.807, 2.05) is 11.3 Å². The van der Waals surface area contributed by atoms with Crippen LogP contribution < -0.4 is 5.73 Å². The molecule has 1 heterocycles. The van der Waals surface area contributed by atoms with Gasteiger partial charge >= 0.3 is 0 Å². The predicted molar refractivity (Wildman–Crippen MR) is 59.8 cm³/mol. The molecule has 3 N–H and O–H groups in total. The van der Waals surface area contributed by atoms with E-state index in [4.69, 9.17) is 0 Å². The van der Waals surface area contributed by atoms with E-state index in [-0.39, 0.29) is 0 Å². The Morgan fingerprint density at radius 3 is 1.69 bits per heavy atom. The van der Waals surface area contributed by atoms with Crippen LogP contribution in [0.15, 0.2) is 0 Å². The molecule has 0 aliphatic carbocycles. The molecule has 1 nitrogen and oxygen atoms in total. The van der Waals surface area contributed by atoms with Crippen molar-refractivity contribution in [1.29, 1.82) is 0 Å². The van der Waals surface area contributed by atoms with E-state index >= 15 is 0 Å². The van der Waals surface area contributed by atoms with Gasteiger partial charge in [-0.05, 0) is 18.8 Å². The van der Waals surface area contributed by atoms with Gasteiger partial charge in [-0.2, -0.15) is 0 Å². The molecule has 0 aromatic carbocycles. The van der Waals surface area contributed by atoms with Gasteiger partial charge in [0.15, 0.2) is 0 Å². The molecular weight excluding hydrogens is 178 g/mol. The molecular formula is C11H20NS+. The summed E-state index contributed by atoms with van der Waals surface area (Å²) in [5, 5.41) is 0. The Labute approximate surface area is 85.0 Å². The third kappa shape index (κ3) is 1.94. The van der Waals surface area contributed by atoms with Crippen LogP contribution >= 0.6 is 11.3 Å². The summed E-state index contributed by atoms with van der Waals surface area (Å²) in [5.74, 6) is 1.25. The molecule has 0 fully saturated rings. The van der Waals surface area contributed by atoms with E-state index < -0.39 is 0 Å². The standard InChI is InChI=1S/C11H19NS/c1-6(2)10-8(5)9(12)11(13-10)7(3)4/h6-7H,12H2,1-5H3/p+1. The first-order valence-corrected chi connectivity index (χ1v) is 5.72. The van der Waals surface area contributed by atoms with Gasteiger partial charge in [-0.1, -0.05) is 27.7 Å². The second kappa shape index (κ2) is 3.81. The van der Waals surface area contributed by atoms with E-state index in [1.54, 1.807) is 0 Å². The number of quaternary nitrogens is 1. The summed E-state index contributed by atoms with van der Waals surface area (Å²) >= 11 is 1.94. The highest BCUT2D eigenvalue weighted by Gasteiger charge is 2.19. The Balaban J connectivity index is 3.20. The molecule has 13 heavy (non-hydrogen) atoms. The molecule has 1 rings (SSSR count). The highest BCUT2D eigenvalue weighted by Crippen LogP contribution is 2.38. The van der Waals surface area contributed by atoms with Crippen molar-refractivity contribution in [3.63, 3.8) is 0 Å². The van der Waals surface area contributed by atoms with Crippen LogP contribution in [0.4, 0.5) is 5.69 Å². The van der Waals surface area contributed by atoms with Crippen molar-refractivity contribution in [3.05, 3.63) is 15.3 Å². The van der Waals surface area contributed by atoms with E-state index in [2.05, 4.69) is 40.4 Å². The summed E-state index contributed by atoms with van der Waals surface area (Å²) in [5.41, 5.74) is 6.83. The molecule has 0 saturated heterocycles. The lowest BCUT2D eigenvalue weighted by atomic mass is 10.1. The molecule has 0 aliphatic rings. The van der Waals surface area contributed by atoms with Crippen LogP contribution in [0, 0.1) is 6.92 Å². The minimum absolute atomic E-state index is 0.615. The monoisotopic (exact) mass is 198 g/mol. The summed E-state index contributed by atoms with van der Waals surface area (Å²) in [6.45, 7) is 11.2. The van der Waals surface area contributed by atoms with Crippen LogP contribution in [0.2, 0.25) is 0 Å². The van der Waals surface area contributed by atoms with Gasteiger partial charge in [-0.3, -0.25) is 0 Å². The van der Waals surface area contributed by atoms with E-state index in [1.165, 1.54) is 21.0 Å². The van der Waals surface area contributed by atoms with Gasteiger partial charge < -0.3 is 5.73 Å². The quantitative estimate of drug-likeness (QED) is 0.756. The lowest BCUT2D eigenvalue weighted by Crippen LogP contribution is -2.41. The van der Waals surface area contributed by atoms with Gasteiger partial charge in [0.2, 0.25) is 0 Å². The van der Waals surface area contributed by atoms with Crippen molar-refractivity contribution in [3.8, 4) is 0 Å². The Bertz CT molecular complexity index is 269. The first-order chi connectivity index (χ1) is 5.95. The molecule has 1 aromatic heterocycles. The average molecular weight is 198 g/mol. The fourth-order valence-electron chi connectivity index (χ4n) is 1.61. The molecule has 0 radical (unpaired) electrons. The van der Waals surface area contributed by atoms with Crippen LogP contribution in [0.3, 0.4) is 0 Å². The van der Waals surface area contributed by atoms with Crippen LogP contribution in [0.25, 0.3) is 0 Å². The molecule has 74 valence electrons. The van der Waals surface area contributed by atoms with Gasteiger partial charge in [-0.15, -0.1) is 11.3 Å². The Kier molecular flexibility index (Phi) is 3.14. The first kappa shape index (κ1) is 10.7. The summed E-state index contributed by atoms with van der Waals surface area (Å²) in [6.07, 6.45) is 0. The topological polar surface area (TPSA) is 27.6 Å². The molecule has 0 amide bonds. The van der Waals surface area contributed by atoms with E-state index in [0.717, 1.165) is 0 Å². The smallest absolute Gasteiger partial charge is 0.145 e. The lowest BCUT2D eigenvalue weighted by molar-refractivity contribution is -0.256. The number of hydrogen-bond acceptors (Lipinski definition) is 1. The SMILES string of the molecule is Cc1c(C(C)C)sc(C(C)C)c1[NH3+]. The molecule has 0 bridgehead atoms. The second-order valence-electron chi connectivity index (χ2n) is 4.24. The number of thiophene rings is 1. The van der Waals surface area contributed by atoms with Crippen molar-refractivity contribution < 1.29 is 5.73 Å². The summed E-state index contributed by atoms with van der Waals surface area (Å²) in [6, 6.07) is 0. The molecule has 1 aromatic rings. The summed E-state index contributed by atoms with van der Waals surface area (Å²) in [7, 11) is 0. The number of hydrogen-bond donors (Lipinski definition) is 1. The van der Waals surface area contributed by atoms with Gasteiger partial charge in [0.25, 0.3) is 0 Å². The third-order valence-corrected chi connectivity index (χ3v) is 4.32. The third-order valence-electron chi connectivity index (χ3n) is 2.39. The van der Waals surface area contributed by atoms with Gasteiger partial charge in [0.05, 0.1) is 4.88 Å². The molecule has 0 aliphatic heterocycles. The minimum atomic E-state index is 0.615. The zero-order valence-corrected chi connectivity index (χ0v) is 10.1.